The highest BCUT2D eigenvalue weighted by molar-refractivity contribution is 7.07. The Hall–Kier alpha value is -1.47. The summed E-state index contributed by atoms with van der Waals surface area (Å²) in [6, 6.07) is 0.181. The van der Waals surface area contributed by atoms with Gasteiger partial charge in [-0.15, -0.1) is 11.3 Å². The number of methoxy groups -OCH3 is 1. The average molecular weight is 258 g/mol. The zero-order chi connectivity index (χ0) is 11.4. The van der Waals surface area contributed by atoms with E-state index < -0.39 is 0 Å². The van der Waals surface area contributed by atoms with Gasteiger partial charge in [0.2, 0.25) is 11.2 Å². The molecule has 6 nitrogen and oxygen atoms in total. The summed E-state index contributed by atoms with van der Waals surface area (Å²) in [6.45, 7) is 0.535. The molecule has 0 aromatic carbocycles. The topological polar surface area (TPSA) is 72.8 Å². The zero-order valence-corrected chi connectivity index (χ0v) is 9.92. The van der Waals surface area contributed by atoms with E-state index in [1.807, 2.05) is 5.38 Å². The van der Waals surface area contributed by atoms with Gasteiger partial charge in [0.1, 0.15) is 0 Å². The molecule has 16 heavy (non-hydrogen) atoms. The second-order valence-corrected chi connectivity index (χ2v) is 3.80. The number of hydrogen-bond acceptors (Lipinski definition) is 7. The molecule has 0 bridgehead atoms. The number of nitrogens with zero attached hydrogens (tertiary/aromatic N) is 4. The molecule has 0 aliphatic rings. The number of anilines is 1. The van der Waals surface area contributed by atoms with Gasteiger partial charge in [-0.3, -0.25) is 0 Å². The second-order valence-electron chi connectivity index (χ2n) is 2.75. The van der Waals surface area contributed by atoms with E-state index in [0.29, 0.717) is 12.5 Å². The van der Waals surface area contributed by atoms with Gasteiger partial charge in [0, 0.05) is 5.38 Å². The maximum Gasteiger partial charge on any atom is 0.322 e. The predicted octanol–water partition coefficient (Wildman–Crippen LogP) is 1.60. The fourth-order valence-corrected chi connectivity index (χ4v) is 1.71. The summed E-state index contributed by atoms with van der Waals surface area (Å²) in [7, 11) is 1.47. The molecule has 2 aromatic rings. The molecule has 0 aliphatic carbocycles. The Morgan fingerprint density at radius 1 is 1.44 bits per heavy atom. The molecule has 0 amide bonds. The predicted molar refractivity (Wildman–Crippen MR) is 60.8 cm³/mol. The molecule has 2 heterocycles. The molecule has 0 saturated heterocycles. The maximum absolute atomic E-state index is 5.69. The molecule has 2 rings (SSSR count). The van der Waals surface area contributed by atoms with Crippen LogP contribution >= 0.6 is 22.9 Å². The van der Waals surface area contributed by atoms with Gasteiger partial charge in [-0.25, -0.2) is 4.98 Å². The minimum atomic E-state index is 0.0904. The number of halogens is 1. The van der Waals surface area contributed by atoms with Gasteiger partial charge in [-0.05, 0) is 11.6 Å². The quantitative estimate of drug-likeness (QED) is 0.897. The minimum Gasteiger partial charge on any atom is -0.467 e. The number of ether oxygens (including phenoxy) is 1. The summed E-state index contributed by atoms with van der Waals surface area (Å²) in [5.41, 5.74) is 2.68. The van der Waals surface area contributed by atoms with Gasteiger partial charge >= 0.3 is 6.01 Å². The van der Waals surface area contributed by atoms with Crippen LogP contribution in [0.4, 0.5) is 5.95 Å². The molecule has 1 N–H and O–H groups in total. The third-order valence-electron chi connectivity index (χ3n) is 1.68. The molecule has 8 heteroatoms. The van der Waals surface area contributed by atoms with Crippen LogP contribution in [-0.2, 0) is 6.54 Å². The number of nitrogens with one attached hydrogen (secondary N) is 1. The minimum absolute atomic E-state index is 0.0904. The van der Waals surface area contributed by atoms with Crippen LogP contribution in [0.1, 0.15) is 5.69 Å². The van der Waals surface area contributed by atoms with Crippen molar-refractivity contribution in [3.8, 4) is 6.01 Å². The molecule has 0 unspecified atom stereocenters. The van der Waals surface area contributed by atoms with Crippen molar-refractivity contribution in [2.75, 3.05) is 12.4 Å². The van der Waals surface area contributed by atoms with E-state index >= 15 is 0 Å². The van der Waals surface area contributed by atoms with Gasteiger partial charge in [0.25, 0.3) is 0 Å². The normalized spacial score (nSPS) is 10.1. The Morgan fingerprint density at radius 3 is 3.00 bits per heavy atom. The van der Waals surface area contributed by atoms with E-state index in [4.69, 9.17) is 16.3 Å². The van der Waals surface area contributed by atoms with Crippen LogP contribution in [0.15, 0.2) is 10.9 Å². The lowest BCUT2D eigenvalue weighted by atomic mass is 10.5. The lowest BCUT2D eigenvalue weighted by Gasteiger charge is -2.04. The lowest BCUT2D eigenvalue weighted by Crippen LogP contribution is -2.06. The SMILES string of the molecule is COc1nc(Cl)nc(NCc2cscn2)n1. The number of hydrogen-bond donors (Lipinski definition) is 1. The molecule has 0 radical (unpaired) electrons. The molecule has 0 spiro atoms. The Balaban J connectivity index is 2.06. The van der Waals surface area contributed by atoms with E-state index in [1.54, 1.807) is 5.51 Å². The Morgan fingerprint density at radius 2 is 2.31 bits per heavy atom. The summed E-state index contributed by atoms with van der Waals surface area (Å²) in [6.07, 6.45) is 0. The van der Waals surface area contributed by atoms with Crippen LogP contribution in [-0.4, -0.2) is 27.0 Å². The number of aromatic nitrogens is 4. The van der Waals surface area contributed by atoms with Crippen LogP contribution in [0, 0.1) is 0 Å². The fourth-order valence-electron chi connectivity index (χ4n) is 0.997. The van der Waals surface area contributed by atoms with Crippen molar-refractivity contribution < 1.29 is 4.74 Å². The molecular formula is C8H8ClN5OS. The first kappa shape index (κ1) is 11.0. The van der Waals surface area contributed by atoms with E-state index in [2.05, 4.69) is 25.3 Å². The summed E-state index contributed by atoms with van der Waals surface area (Å²) in [5.74, 6) is 0.366. The van der Waals surface area contributed by atoms with Crippen LogP contribution in [0.25, 0.3) is 0 Å². The summed E-state index contributed by atoms with van der Waals surface area (Å²) in [5, 5.41) is 5.01. The molecule has 0 atom stereocenters. The molecule has 2 aromatic heterocycles. The lowest BCUT2D eigenvalue weighted by molar-refractivity contribution is 0.379. The van der Waals surface area contributed by atoms with Crippen LogP contribution in [0.5, 0.6) is 6.01 Å². The fraction of sp³-hybridized carbons (Fsp3) is 0.250. The standard InChI is InChI=1S/C8H8ClN5OS/c1-15-8-13-6(9)12-7(14-8)10-2-5-3-16-4-11-5/h3-4H,2H2,1H3,(H,10,12,13,14). The van der Waals surface area contributed by atoms with Gasteiger partial charge < -0.3 is 10.1 Å². The molecular weight excluding hydrogens is 250 g/mol. The average Bonchev–Trinajstić information content (AvgIpc) is 2.78. The first-order valence-corrected chi connectivity index (χ1v) is 5.66. The molecule has 0 saturated carbocycles. The molecule has 0 fully saturated rings. The van der Waals surface area contributed by atoms with E-state index in [1.165, 1.54) is 18.4 Å². The Kier molecular flexibility index (Phi) is 3.47. The zero-order valence-electron chi connectivity index (χ0n) is 8.35. The highest BCUT2D eigenvalue weighted by Gasteiger charge is 2.04. The third-order valence-corrected chi connectivity index (χ3v) is 2.49. The highest BCUT2D eigenvalue weighted by atomic mass is 35.5. The monoisotopic (exact) mass is 257 g/mol. The van der Waals surface area contributed by atoms with Crippen molar-refractivity contribution in [3.05, 3.63) is 21.9 Å². The first-order valence-electron chi connectivity index (χ1n) is 4.34. The third kappa shape index (κ3) is 2.77. The summed E-state index contributed by atoms with van der Waals surface area (Å²) < 4.78 is 4.87. The first-order chi connectivity index (χ1) is 7.78. The second kappa shape index (κ2) is 5.04. The van der Waals surface area contributed by atoms with Crippen LogP contribution < -0.4 is 10.1 Å². The smallest absolute Gasteiger partial charge is 0.322 e. The van der Waals surface area contributed by atoms with Crippen LogP contribution in [0.3, 0.4) is 0 Å². The largest absolute Gasteiger partial charge is 0.467 e. The van der Waals surface area contributed by atoms with E-state index in [9.17, 15) is 0 Å². The van der Waals surface area contributed by atoms with Crippen molar-refractivity contribution >= 4 is 28.9 Å². The van der Waals surface area contributed by atoms with Crippen molar-refractivity contribution in [3.63, 3.8) is 0 Å². The summed E-state index contributed by atoms with van der Waals surface area (Å²) >= 11 is 7.22. The van der Waals surface area contributed by atoms with Gasteiger partial charge in [0.05, 0.1) is 24.9 Å². The van der Waals surface area contributed by atoms with E-state index in [-0.39, 0.29) is 11.3 Å². The Bertz CT molecular complexity index is 463. The molecule has 0 aliphatic heterocycles. The van der Waals surface area contributed by atoms with Crippen molar-refractivity contribution in [1.82, 2.24) is 19.9 Å². The van der Waals surface area contributed by atoms with Gasteiger partial charge in [-0.1, -0.05) is 0 Å². The van der Waals surface area contributed by atoms with Gasteiger partial charge in [0.15, 0.2) is 0 Å². The van der Waals surface area contributed by atoms with Crippen molar-refractivity contribution in [2.24, 2.45) is 0 Å². The highest BCUT2D eigenvalue weighted by Crippen LogP contribution is 2.11. The number of rotatable bonds is 4. The van der Waals surface area contributed by atoms with Crippen molar-refractivity contribution in [2.45, 2.75) is 6.54 Å². The van der Waals surface area contributed by atoms with E-state index in [0.717, 1.165) is 5.69 Å². The van der Waals surface area contributed by atoms with Crippen molar-refractivity contribution in [1.29, 1.82) is 0 Å². The Labute approximate surface area is 101 Å². The number of thiazole rings is 1. The van der Waals surface area contributed by atoms with Crippen LogP contribution in [0.2, 0.25) is 5.28 Å². The maximum atomic E-state index is 5.69. The van der Waals surface area contributed by atoms with Gasteiger partial charge in [-0.2, -0.15) is 15.0 Å². The summed E-state index contributed by atoms with van der Waals surface area (Å²) in [4.78, 5) is 15.8. The molecule has 84 valence electrons.